The van der Waals surface area contributed by atoms with Crippen LogP contribution in [0.25, 0.3) is 0 Å². The Kier molecular flexibility index (Phi) is 6.49. The lowest BCUT2D eigenvalue weighted by Gasteiger charge is -1.70. The van der Waals surface area contributed by atoms with Gasteiger partial charge in [0.2, 0.25) is 0 Å². The standard InChI is InChI=1S/C5H5N.C4H5N.H3N/c1-2-4-6-5-3-1;1-2-4-5-3-1;/h1-5H;1-5H;1H3. The first-order chi connectivity index (χ1) is 5.50. The maximum Gasteiger partial charge on any atom is 0.0267 e. The molecule has 64 valence electrons. The van der Waals surface area contributed by atoms with Gasteiger partial charge in [-0.1, -0.05) is 6.07 Å². The molecule has 3 heteroatoms. The molecule has 2 aromatic heterocycles. The topological polar surface area (TPSA) is 63.7 Å². The predicted molar refractivity (Wildman–Crippen MR) is 50.1 cm³/mol. The molecule has 0 saturated carbocycles. The fourth-order valence-electron chi connectivity index (χ4n) is 0.590. The molecule has 12 heavy (non-hydrogen) atoms. The van der Waals surface area contributed by atoms with Crippen molar-refractivity contribution in [2.45, 2.75) is 0 Å². The average molecular weight is 163 g/mol. The molecular weight excluding hydrogens is 150 g/mol. The maximum atomic E-state index is 3.78. The number of hydrogen-bond donors (Lipinski definition) is 2. The number of hydrogen-bond acceptors (Lipinski definition) is 2. The number of aromatic amines is 1. The zero-order valence-electron chi connectivity index (χ0n) is 6.85. The number of nitrogens with zero attached hydrogens (tertiary/aromatic N) is 1. The number of nitrogens with one attached hydrogen (secondary N) is 1. The van der Waals surface area contributed by atoms with Crippen molar-refractivity contribution < 1.29 is 0 Å². The van der Waals surface area contributed by atoms with Crippen LogP contribution in [0.2, 0.25) is 0 Å². The van der Waals surface area contributed by atoms with Crippen molar-refractivity contribution in [3.8, 4) is 0 Å². The normalized spacial score (nSPS) is 7.33. The van der Waals surface area contributed by atoms with E-state index in [1.165, 1.54) is 0 Å². The van der Waals surface area contributed by atoms with Crippen molar-refractivity contribution in [3.63, 3.8) is 0 Å². The average Bonchev–Trinajstić information content (AvgIpc) is 2.64. The van der Waals surface area contributed by atoms with E-state index in [4.69, 9.17) is 0 Å². The summed E-state index contributed by atoms with van der Waals surface area (Å²) >= 11 is 0. The van der Waals surface area contributed by atoms with Gasteiger partial charge in [-0.05, 0) is 24.3 Å². The third-order valence-corrected chi connectivity index (χ3v) is 1.06. The van der Waals surface area contributed by atoms with Crippen LogP contribution >= 0.6 is 0 Å². The van der Waals surface area contributed by atoms with Gasteiger partial charge in [0.25, 0.3) is 0 Å². The van der Waals surface area contributed by atoms with Gasteiger partial charge in [-0.15, -0.1) is 0 Å². The molecule has 0 saturated heterocycles. The summed E-state index contributed by atoms with van der Waals surface area (Å²) in [5, 5.41) is 0. The van der Waals surface area contributed by atoms with Gasteiger partial charge >= 0.3 is 0 Å². The molecule has 0 aliphatic carbocycles. The molecule has 0 aromatic carbocycles. The van der Waals surface area contributed by atoms with Crippen molar-refractivity contribution in [1.82, 2.24) is 16.1 Å². The van der Waals surface area contributed by atoms with Gasteiger partial charge in [-0.25, -0.2) is 0 Å². The van der Waals surface area contributed by atoms with Gasteiger partial charge in [0.05, 0.1) is 0 Å². The Bertz CT molecular complexity index is 196. The quantitative estimate of drug-likeness (QED) is 0.625. The molecule has 2 heterocycles. The highest BCUT2D eigenvalue weighted by molar-refractivity contribution is 4.88. The van der Waals surface area contributed by atoms with Gasteiger partial charge in [-0.2, -0.15) is 0 Å². The summed E-state index contributed by atoms with van der Waals surface area (Å²) in [6.45, 7) is 0. The van der Waals surface area contributed by atoms with Crippen molar-refractivity contribution in [2.75, 3.05) is 0 Å². The molecule has 0 atom stereocenters. The fourth-order valence-corrected chi connectivity index (χ4v) is 0.590. The summed E-state index contributed by atoms with van der Waals surface area (Å²) in [4.78, 5) is 6.65. The molecule has 0 aliphatic rings. The second-order valence-corrected chi connectivity index (χ2v) is 1.91. The molecule has 0 fully saturated rings. The van der Waals surface area contributed by atoms with E-state index >= 15 is 0 Å². The molecule has 2 aromatic rings. The van der Waals surface area contributed by atoms with Crippen molar-refractivity contribution in [3.05, 3.63) is 55.1 Å². The number of H-pyrrole nitrogens is 1. The first kappa shape index (κ1) is 10.4. The Morgan fingerprint density at radius 2 is 1.33 bits per heavy atom. The van der Waals surface area contributed by atoms with Crippen molar-refractivity contribution in [2.24, 2.45) is 0 Å². The molecule has 0 unspecified atom stereocenters. The lowest BCUT2D eigenvalue weighted by molar-refractivity contribution is 1.33. The Balaban J connectivity index is 0.000000189. The molecule has 3 nitrogen and oxygen atoms in total. The van der Waals surface area contributed by atoms with Gasteiger partial charge in [0.1, 0.15) is 0 Å². The molecular formula is C9H13N3. The van der Waals surface area contributed by atoms with Crippen molar-refractivity contribution in [1.29, 1.82) is 0 Å². The summed E-state index contributed by atoms with van der Waals surface area (Å²) in [7, 11) is 0. The molecule has 0 spiro atoms. The van der Waals surface area contributed by atoms with Gasteiger partial charge in [0.15, 0.2) is 0 Å². The third kappa shape index (κ3) is 5.20. The Hall–Kier alpha value is -1.61. The second kappa shape index (κ2) is 7.50. The van der Waals surface area contributed by atoms with Crippen LogP contribution in [0.15, 0.2) is 55.1 Å². The van der Waals surface area contributed by atoms with Crippen LogP contribution < -0.4 is 6.15 Å². The van der Waals surface area contributed by atoms with Gasteiger partial charge in [0, 0.05) is 24.8 Å². The minimum absolute atomic E-state index is 0. The molecule has 0 radical (unpaired) electrons. The zero-order valence-corrected chi connectivity index (χ0v) is 6.85. The van der Waals surface area contributed by atoms with Crippen LogP contribution in [-0.2, 0) is 0 Å². The van der Waals surface area contributed by atoms with Crippen LogP contribution in [-0.4, -0.2) is 9.97 Å². The number of pyridine rings is 1. The van der Waals surface area contributed by atoms with E-state index in [9.17, 15) is 0 Å². The first-order valence-corrected chi connectivity index (χ1v) is 3.43. The lowest BCUT2D eigenvalue weighted by atomic mass is 10.5. The highest BCUT2D eigenvalue weighted by Gasteiger charge is 1.58. The lowest BCUT2D eigenvalue weighted by Crippen LogP contribution is -1.58. The highest BCUT2D eigenvalue weighted by atomic mass is 14.6. The van der Waals surface area contributed by atoms with Crippen LogP contribution in [0.1, 0.15) is 0 Å². The zero-order chi connectivity index (χ0) is 7.78. The molecule has 4 N–H and O–H groups in total. The van der Waals surface area contributed by atoms with Crippen LogP contribution in [0, 0.1) is 0 Å². The monoisotopic (exact) mass is 163 g/mol. The molecule has 0 amide bonds. The maximum absolute atomic E-state index is 3.78. The summed E-state index contributed by atoms with van der Waals surface area (Å²) in [6.07, 6.45) is 7.25. The molecule has 2 rings (SSSR count). The minimum atomic E-state index is 0. The largest absolute Gasteiger partial charge is 0.368 e. The summed E-state index contributed by atoms with van der Waals surface area (Å²) in [5.41, 5.74) is 0. The van der Waals surface area contributed by atoms with Gasteiger partial charge in [-0.3, -0.25) is 4.98 Å². The van der Waals surface area contributed by atoms with E-state index in [2.05, 4.69) is 9.97 Å². The van der Waals surface area contributed by atoms with E-state index < -0.39 is 0 Å². The Labute approximate surface area is 72.1 Å². The SMILES string of the molecule is N.c1cc[nH]c1.c1ccncc1. The summed E-state index contributed by atoms with van der Waals surface area (Å²) in [6, 6.07) is 9.60. The highest BCUT2D eigenvalue weighted by Crippen LogP contribution is 1.73. The van der Waals surface area contributed by atoms with E-state index in [0.717, 1.165) is 0 Å². The summed E-state index contributed by atoms with van der Waals surface area (Å²) < 4.78 is 0. The summed E-state index contributed by atoms with van der Waals surface area (Å²) in [5.74, 6) is 0. The van der Waals surface area contributed by atoms with Crippen LogP contribution in [0.5, 0.6) is 0 Å². The van der Waals surface area contributed by atoms with Gasteiger partial charge < -0.3 is 11.1 Å². The first-order valence-electron chi connectivity index (χ1n) is 3.43. The minimum Gasteiger partial charge on any atom is -0.368 e. The third-order valence-electron chi connectivity index (χ3n) is 1.06. The van der Waals surface area contributed by atoms with E-state index in [1.807, 2.05) is 42.7 Å². The van der Waals surface area contributed by atoms with E-state index in [0.29, 0.717) is 0 Å². The number of aromatic nitrogens is 2. The van der Waals surface area contributed by atoms with Crippen LogP contribution in [0.3, 0.4) is 0 Å². The van der Waals surface area contributed by atoms with E-state index in [-0.39, 0.29) is 6.15 Å². The number of rotatable bonds is 0. The molecule has 0 bridgehead atoms. The fraction of sp³-hybridized carbons (Fsp3) is 0. The Morgan fingerprint density at radius 3 is 1.50 bits per heavy atom. The Morgan fingerprint density at radius 1 is 0.750 bits per heavy atom. The predicted octanol–water partition coefficient (Wildman–Crippen LogP) is 2.26. The van der Waals surface area contributed by atoms with Crippen molar-refractivity contribution >= 4 is 0 Å². The smallest absolute Gasteiger partial charge is 0.0267 e. The van der Waals surface area contributed by atoms with Crippen LogP contribution in [0.4, 0.5) is 0 Å². The second-order valence-electron chi connectivity index (χ2n) is 1.91. The molecule has 0 aliphatic heterocycles. The van der Waals surface area contributed by atoms with E-state index in [1.54, 1.807) is 12.4 Å².